The van der Waals surface area contributed by atoms with E-state index in [1.165, 1.54) is 0 Å². The van der Waals surface area contributed by atoms with E-state index in [2.05, 4.69) is 5.10 Å². The summed E-state index contributed by atoms with van der Waals surface area (Å²) >= 11 is 0. The number of rotatable bonds is 2. The van der Waals surface area contributed by atoms with E-state index in [1.54, 1.807) is 0 Å². The molecule has 7 heteroatoms. The second kappa shape index (κ2) is 3.97. The quantitative estimate of drug-likeness (QED) is 0.848. The lowest BCUT2D eigenvalue weighted by atomic mass is 10.2. The Bertz CT molecular complexity index is 369. The summed E-state index contributed by atoms with van der Waals surface area (Å²) in [6.45, 7) is 0.930. The minimum atomic E-state index is -4.45. The maximum atomic E-state index is 12.3. The first-order chi connectivity index (χ1) is 7.47. The van der Waals surface area contributed by atoms with Crippen LogP contribution in [-0.4, -0.2) is 22.5 Å². The SMILES string of the molecule is Nc1cc(C(F)(F)F)nn1C[C@H]1CCCO1. The van der Waals surface area contributed by atoms with E-state index in [9.17, 15) is 13.2 Å². The van der Waals surface area contributed by atoms with Crippen molar-refractivity contribution in [1.29, 1.82) is 0 Å². The third kappa shape index (κ3) is 2.29. The molecule has 0 aliphatic carbocycles. The molecule has 2 rings (SSSR count). The third-order valence-corrected chi connectivity index (χ3v) is 2.50. The monoisotopic (exact) mass is 235 g/mol. The number of aromatic nitrogens is 2. The Morgan fingerprint density at radius 1 is 1.56 bits per heavy atom. The van der Waals surface area contributed by atoms with Crippen molar-refractivity contribution in [2.45, 2.75) is 31.7 Å². The Morgan fingerprint density at radius 2 is 2.31 bits per heavy atom. The highest BCUT2D eigenvalue weighted by Crippen LogP contribution is 2.29. The van der Waals surface area contributed by atoms with Crippen LogP contribution in [0.1, 0.15) is 18.5 Å². The fourth-order valence-corrected chi connectivity index (χ4v) is 1.70. The molecule has 0 spiro atoms. The van der Waals surface area contributed by atoms with Crippen molar-refractivity contribution in [3.63, 3.8) is 0 Å². The molecule has 0 aromatic carbocycles. The van der Waals surface area contributed by atoms with E-state index in [0.29, 0.717) is 6.61 Å². The van der Waals surface area contributed by atoms with Gasteiger partial charge >= 0.3 is 6.18 Å². The molecule has 0 radical (unpaired) electrons. The highest BCUT2D eigenvalue weighted by molar-refractivity contribution is 5.32. The number of ether oxygens (including phenoxy) is 1. The first-order valence-corrected chi connectivity index (χ1v) is 4.99. The van der Waals surface area contributed by atoms with Crippen LogP contribution in [0.5, 0.6) is 0 Å². The average Bonchev–Trinajstić information content (AvgIpc) is 2.76. The summed E-state index contributed by atoms with van der Waals surface area (Å²) in [5, 5.41) is 3.43. The molecule has 1 aliphatic heterocycles. The van der Waals surface area contributed by atoms with Gasteiger partial charge in [-0.25, -0.2) is 4.68 Å². The van der Waals surface area contributed by atoms with Crippen molar-refractivity contribution < 1.29 is 17.9 Å². The molecule has 90 valence electrons. The Morgan fingerprint density at radius 3 is 2.81 bits per heavy atom. The molecule has 2 heterocycles. The lowest BCUT2D eigenvalue weighted by Crippen LogP contribution is -2.18. The van der Waals surface area contributed by atoms with Crippen LogP contribution < -0.4 is 5.73 Å². The Hall–Kier alpha value is -1.24. The van der Waals surface area contributed by atoms with E-state index in [1.807, 2.05) is 0 Å². The van der Waals surface area contributed by atoms with Crippen LogP contribution >= 0.6 is 0 Å². The molecule has 0 unspecified atom stereocenters. The van der Waals surface area contributed by atoms with Gasteiger partial charge in [0, 0.05) is 12.7 Å². The molecular formula is C9H12F3N3O. The van der Waals surface area contributed by atoms with Crippen LogP contribution in [0.4, 0.5) is 19.0 Å². The second-order valence-electron chi connectivity index (χ2n) is 3.77. The fourth-order valence-electron chi connectivity index (χ4n) is 1.70. The molecule has 1 aromatic heterocycles. The van der Waals surface area contributed by atoms with Crippen molar-refractivity contribution in [2.75, 3.05) is 12.3 Å². The zero-order chi connectivity index (χ0) is 11.8. The predicted molar refractivity (Wildman–Crippen MR) is 50.6 cm³/mol. The summed E-state index contributed by atoms with van der Waals surface area (Å²) in [6, 6.07) is 0.842. The summed E-state index contributed by atoms with van der Waals surface area (Å²) in [5.74, 6) is 0.0165. The largest absolute Gasteiger partial charge is 0.435 e. The van der Waals surface area contributed by atoms with Crippen molar-refractivity contribution in [2.24, 2.45) is 0 Å². The van der Waals surface area contributed by atoms with Gasteiger partial charge in [-0.1, -0.05) is 0 Å². The van der Waals surface area contributed by atoms with Gasteiger partial charge in [-0.15, -0.1) is 0 Å². The molecule has 1 atom stereocenters. The van der Waals surface area contributed by atoms with Crippen LogP contribution in [0.25, 0.3) is 0 Å². The minimum absolute atomic E-state index is 0.0165. The normalized spacial score (nSPS) is 21.6. The van der Waals surface area contributed by atoms with E-state index in [0.717, 1.165) is 23.6 Å². The molecular weight excluding hydrogens is 223 g/mol. The third-order valence-electron chi connectivity index (χ3n) is 2.50. The molecule has 16 heavy (non-hydrogen) atoms. The van der Waals surface area contributed by atoms with Crippen LogP contribution in [0.15, 0.2) is 6.07 Å². The number of nitrogens with zero attached hydrogens (tertiary/aromatic N) is 2. The van der Waals surface area contributed by atoms with Crippen molar-refractivity contribution in [3.05, 3.63) is 11.8 Å². The Kier molecular flexibility index (Phi) is 2.79. The summed E-state index contributed by atoms with van der Waals surface area (Å²) in [7, 11) is 0. The molecule has 4 nitrogen and oxygen atoms in total. The average molecular weight is 235 g/mol. The first-order valence-electron chi connectivity index (χ1n) is 4.99. The van der Waals surface area contributed by atoms with Crippen molar-refractivity contribution >= 4 is 5.82 Å². The van der Waals surface area contributed by atoms with Gasteiger partial charge in [-0.2, -0.15) is 18.3 Å². The van der Waals surface area contributed by atoms with Crippen LogP contribution in [0.3, 0.4) is 0 Å². The number of anilines is 1. The standard InChI is InChI=1S/C9H12F3N3O/c10-9(11,12)7-4-8(13)15(14-7)5-6-2-1-3-16-6/h4,6H,1-3,5,13H2/t6-/m1/s1. The Labute approximate surface area is 90.2 Å². The Balaban J connectivity index is 2.12. The zero-order valence-electron chi connectivity index (χ0n) is 8.50. The molecule has 0 amide bonds. The van der Waals surface area contributed by atoms with Crippen molar-refractivity contribution in [1.82, 2.24) is 9.78 Å². The predicted octanol–water partition coefficient (Wildman–Crippen LogP) is 1.66. The molecule has 1 saturated heterocycles. The molecule has 1 fully saturated rings. The summed E-state index contributed by atoms with van der Waals surface area (Å²) in [4.78, 5) is 0. The van der Waals surface area contributed by atoms with Gasteiger partial charge in [-0.3, -0.25) is 0 Å². The van der Waals surface area contributed by atoms with Gasteiger partial charge in [0.1, 0.15) is 5.82 Å². The van der Waals surface area contributed by atoms with E-state index in [-0.39, 0.29) is 18.5 Å². The number of halogens is 3. The summed E-state index contributed by atoms with van der Waals surface area (Å²) in [6.07, 6.45) is -2.77. The molecule has 0 saturated carbocycles. The molecule has 2 N–H and O–H groups in total. The fraction of sp³-hybridized carbons (Fsp3) is 0.667. The summed E-state index contributed by atoms with van der Waals surface area (Å²) in [5.41, 5.74) is 4.51. The molecule has 1 aliphatic rings. The lowest BCUT2D eigenvalue weighted by Gasteiger charge is -2.10. The van der Waals surface area contributed by atoms with E-state index < -0.39 is 11.9 Å². The second-order valence-corrected chi connectivity index (χ2v) is 3.77. The highest BCUT2D eigenvalue weighted by atomic mass is 19.4. The van der Waals surface area contributed by atoms with Gasteiger partial charge in [-0.05, 0) is 12.8 Å². The van der Waals surface area contributed by atoms with Gasteiger partial charge in [0.2, 0.25) is 0 Å². The van der Waals surface area contributed by atoms with Gasteiger partial charge < -0.3 is 10.5 Å². The van der Waals surface area contributed by atoms with Gasteiger partial charge in [0.25, 0.3) is 0 Å². The maximum Gasteiger partial charge on any atom is 0.435 e. The van der Waals surface area contributed by atoms with Crippen LogP contribution in [0, 0.1) is 0 Å². The summed E-state index contributed by atoms with van der Waals surface area (Å²) < 4.78 is 43.5. The van der Waals surface area contributed by atoms with Gasteiger partial charge in [0.15, 0.2) is 5.69 Å². The topological polar surface area (TPSA) is 53.1 Å². The lowest BCUT2D eigenvalue weighted by molar-refractivity contribution is -0.141. The number of nitrogens with two attached hydrogens (primary N) is 1. The molecule has 0 bridgehead atoms. The zero-order valence-corrected chi connectivity index (χ0v) is 8.50. The number of nitrogen functional groups attached to an aromatic ring is 1. The van der Waals surface area contributed by atoms with Crippen LogP contribution in [0.2, 0.25) is 0 Å². The number of alkyl halides is 3. The van der Waals surface area contributed by atoms with E-state index in [4.69, 9.17) is 10.5 Å². The first kappa shape index (κ1) is 11.3. The molecule has 1 aromatic rings. The smallest absolute Gasteiger partial charge is 0.384 e. The van der Waals surface area contributed by atoms with E-state index >= 15 is 0 Å². The van der Waals surface area contributed by atoms with Gasteiger partial charge in [0.05, 0.1) is 12.6 Å². The maximum absolute atomic E-state index is 12.3. The van der Waals surface area contributed by atoms with Crippen molar-refractivity contribution in [3.8, 4) is 0 Å². The minimum Gasteiger partial charge on any atom is -0.384 e. The number of hydrogen-bond donors (Lipinski definition) is 1. The highest BCUT2D eigenvalue weighted by Gasteiger charge is 2.35. The number of hydrogen-bond acceptors (Lipinski definition) is 3. The van der Waals surface area contributed by atoms with Crippen LogP contribution in [-0.2, 0) is 17.5 Å².